The predicted octanol–water partition coefficient (Wildman–Crippen LogP) is 3.88. The van der Waals surface area contributed by atoms with Gasteiger partial charge in [0, 0.05) is 25.0 Å². The number of rotatable bonds is 9. The summed E-state index contributed by atoms with van der Waals surface area (Å²) in [5, 5.41) is 6.89. The molecule has 1 rings (SSSR count). The summed E-state index contributed by atoms with van der Waals surface area (Å²) in [5.74, 6) is 2.60. The van der Waals surface area contributed by atoms with Gasteiger partial charge >= 0.3 is 0 Å². The molecule has 0 saturated carbocycles. The summed E-state index contributed by atoms with van der Waals surface area (Å²) >= 11 is 1.90. The number of hydrogen-bond donors (Lipinski definition) is 2. The first-order valence-electron chi connectivity index (χ1n) is 8.27. The second kappa shape index (κ2) is 11.4. The maximum absolute atomic E-state index is 4.69. The minimum atomic E-state index is 0.339. The van der Waals surface area contributed by atoms with E-state index in [-0.39, 0.29) is 0 Å². The van der Waals surface area contributed by atoms with Crippen LogP contribution in [-0.4, -0.2) is 37.1 Å². The molecule has 1 aromatic carbocycles. The molecule has 124 valence electrons. The summed E-state index contributed by atoms with van der Waals surface area (Å²) in [5.41, 5.74) is 1.36. The maximum atomic E-state index is 4.69. The molecule has 0 saturated heterocycles. The normalized spacial score (nSPS) is 14.5. The topological polar surface area (TPSA) is 36.4 Å². The van der Waals surface area contributed by atoms with E-state index in [0.29, 0.717) is 12.0 Å². The molecule has 0 radical (unpaired) electrons. The Morgan fingerprint density at radius 2 is 1.91 bits per heavy atom. The molecule has 0 amide bonds. The summed E-state index contributed by atoms with van der Waals surface area (Å²) in [6, 6.07) is 11.0. The highest BCUT2D eigenvalue weighted by atomic mass is 32.2. The van der Waals surface area contributed by atoms with Crippen LogP contribution in [0.5, 0.6) is 0 Å². The summed E-state index contributed by atoms with van der Waals surface area (Å²) in [4.78, 5) is 4.69. The number of nitrogens with zero attached hydrogens (tertiary/aromatic N) is 1. The van der Waals surface area contributed by atoms with Crippen LogP contribution in [0.2, 0.25) is 0 Å². The predicted molar refractivity (Wildman–Crippen MR) is 101 cm³/mol. The molecule has 0 aliphatic carbocycles. The Morgan fingerprint density at radius 1 is 1.18 bits per heavy atom. The van der Waals surface area contributed by atoms with Gasteiger partial charge in [0.2, 0.25) is 0 Å². The van der Waals surface area contributed by atoms with Crippen LogP contribution in [0.3, 0.4) is 0 Å². The highest BCUT2D eigenvalue weighted by Gasteiger charge is 2.15. The molecular formula is C18H31N3S. The lowest BCUT2D eigenvalue weighted by molar-refractivity contribution is 0.550. The number of aliphatic imine (C=N–C) groups is 1. The van der Waals surface area contributed by atoms with Crippen molar-refractivity contribution in [3.05, 3.63) is 35.9 Å². The number of guanidine groups is 1. The Labute approximate surface area is 140 Å². The molecule has 1 aromatic rings. The van der Waals surface area contributed by atoms with Crippen LogP contribution in [0.1, 0.15) is 45.1 Å². The van der Waals surface area contributed by atoms with Gasteiger partial charge in [-0.3, -0.25) is 4.99 Å². The van der Waals surface area contributed by atoms with Crippen molar-refractivity contribution >= 4 is 17.7 Å². The SMILES string of the molecule is CCNC(=NCCCCSC)NC(C)C(C)c1ccccc1. The van der Waals surface area contributed by atoms with Crippen molar-refractivity contribution < 1.29 is 0 Å². The largest absolute Gasteiger partial charge is 0.357 e. The molecule has 0 aromatic heterocycles. The van der Waals surface area contributed by atoms with Crippen LogP contribution in [0.4, 0.5) is 0 Å². The smallest absolute Gasteiger partial charge is 0.191 e. The van der Waals surface area contributed by atoms with Crippen molar-refractivity contribution in [2.45, 2.75) is 45.6 Å². The van der Waals surface area contributed by atoms with E-state index < -0.39 is 0 Å². The molecule has 2 unspecified atom stereocenters. The number of thioether (sulfide) groups is 1. The van der Waals surface area contributed by atoms with Crippen LogP contribution >= 0.6 is 11.8 Å². The van der Waals surface area contributed by atoms with Crippen molar-refractivity contribution in [3.63, 3.8) is 0 Å². The average Bonchev–Trinajstić information content (AvgIpc) is 2.54. The van der Waals surface area contributed by atoms with Crippen LogP contribution in [0.15, 0.2) is 35.3 Å². The second-order valence-corrected chi connectivity index (χ2v) is 6.58. The molecule has 3 nitrogen and oxygen atoms in total. The fourth-order valence-corrected chi connectivity index (χ4v) is 2.75. The number of nitrogens with one attached hydrogen (secondary N) is 2. The van der Waals surface area contributed by atoms with Gasteiger partial charge in [0.25, 0.3) is 0 Å². The molecule has 0 spiro atoms. The summed E-state index contributed by atoms with van der Waals surface area (Å²) in [6.07, 6.45) is 4.54. The first-order valence-corrected chi connectivity index (χ1v) is 9.67. The van der Waals surface area contributed by atoms with E-state index >= 15 is 0 Å². The van der Waals surface area contributed by atoms with E-state index in [2.05, 4.69) is 73.0 Å². The number of hydrogen-bond acceptors (Lipinski definition) is 2. The Morgan fingerprint density at radius 3 is 2.55 bits per heavy atom. The van der Waals surface area contributed by atoms with Crippen molar-refractivity contribution in [2.24, 2.45) is 4.99 Å². The van der Waals surface area contributed by atoms with Gasteiger partial charge in [0.15, 0.2) is 5.96 Å². The van der Waals surface area contributed by atoms with Crippen molar-refractivity contribution in [1.29, 1.82) is 0 Å². The lowest BCUT2D eigenvalue weighted by Crippen LogP contribution is -2.44. The van der Waals surface area contributed by atoms with Gasteiger partial charge in [-0.25, -0.2) is 0 Å². The van der Waals surface area contributed by atoms with Gasteiger partial charge in [0.1, 0.15) is 0 Å². The molecule has 0 bridgehead atoms. The first kappa shape index (κ1) is 18.9. The van der Waals surface area contributed by atoms with Gasteiger partial charge in [-0.1, -0.05) is 37.3 Å². The second-order valence-electron chi connectivity index (χ2n) is 5.59. The highest BCUT2D eigenvalue weighted by Crippen LogP contribution is 2.18. The van der Waals surface area contributed by atoms with Crippen molar-refractivity contribution in [2.75, 3.05) is 25.1 Å². The first-order chi connectivity index (χ1) is 10.7. The van der Waals surface area contributed by atoms with E-state index in [0.717, 1.165) is 25.5 Å². The molecule has 0 fully saturated rings. The van der Waals surface area contributed by atoms with Gasteiger partial charge in [-0.2, -0.15) is 11.8 Å². The van der Waals surface area contributed by atoms with Crippen LogP contribution in [-0.2, 0) is 0 Å². The van der Waals surface area contributed by atoms with Gasteiger partial charge < -0.3 is 10.6 Å². The molecule has 0 aliphatic rings. The number of benzene rings is 1. The van der Waals surface area contributed by atoms with Gasteiger partial charge in [-0.05, 0) is 44.3 Å². The summed E-state index contributed by atoms with van der Waals surface area (Å²) in [6.45, 7) is 8.37. The molecule has 2 N–H and O–H groups in total. The third-order valence-corrected chi connectivity index (χ3v) is 4.51. The molecule has 4 heteroatoms. The van der Waals surface area contributed by atoms with Crippen LogP contribution < -0.4 is 10.6 Å². The summed E-state index contributed by atoms with van der Waals surface area (Å²) in [7, 11) is 0. The zero-order valence-electron chi connectivity index (χ0n) is 14.4. The van der Waals surface area contributed by atoms with E-state index in [1.807, 2.05) is 11.8 Å². The average molecular weight is 322 g/mol. The Bertz CT molecular complexity index is 420. The fraction of sp³-hybridized carbons (Fsp3) is 0.611. The van der Waals surface area contributed by atoms with Crippen molar-refractivity contribution in [1.82, 2.24) is 10.6 Å². The molecule has 22 heavy (non-hydrogen) atoms. The third-order valence-electron chi connectivity index (χ3n) is 3.81. The zero-order valence-corrected chi connectivity index (χ0v) is 15.2. The fourth-order valence-electron chi connectivity index (χ4n) is 2.26. The maximum Gasteiger partial charge on any atom is 0.191 e. The van der Waals surface area contributed by atoms with E-state index in [1.165, 1.54) is 17.7 Å². The Balaban J connectivity index is 2.52. The van der Waals surface area contributed by atoms with E-state index in [4.69, 9.17) is 0 Å². The standard InChI is InChI=1S/C18H31N3S/c1-5-19-18(20-13-9-10-14-22-4)21-16(3)15(2)17-11-7-6-8-12-17/h6-8,11-12,15-16H,5,9-10,13-14H2,1-4H3,(H2,19,20,21). The van der Waals surface area contributed by atoms with E-state index in [9.17, 15) is 0 Å². The molecule has 0 aliphatic heterocycles. The third kappa shape index (κ3) is 7.21. The summed E-state index contributed by atoms with van der Waals surface area (Å²) < 4.78 is 0. The lowest BCUT2D eigenvalue weighted by Gasteiger charge is -2.24. The van der Waals surface area contributed by atoms with Crippen LogP contribution in [0.25, 0.3) is 0 Å². The zero-order chi connectivity index (χ0) is 16.2. The Hall–Kier alpha value is -1.16. The highest BCUT2D eigenvalue weighted by molar-refractivity contribution is 7.98. The van der Waals surface area contributed by atoms with E-state index in [1.54, 1.807) is 0 Å². The molecular weight excluding hydrogens is 290 g/mol. The lowest BCUT2D eigenvalue weighted by atomic mass is 9.94. The minimum Gasteiger partial charge on any atom is -0.357 e. The minimum absolute atomic E-state index is 0.339. The van der Waals surface area contributed by atoms with Gasteiger partial charge in [0.05, 0.1) is 0 Å². The Kier molecular flexibility index (Phi) is 9.80. The quantitative estimate of drug-likeness (QED) is 0.412. The van der Waals surface area contributed by atoms with Crippen molar-refractivity contribution in [3.8, 4) is 0 Å². The number of unbranched alkanes of at least 4 members (excludes halogenated alkanes) is 1. The molecule has 2 atom stereocenters. The monoisotopic (exact) mass is 321 g/mol. The van der Waals surface area contributed by atoms with Crippen LogP contribution in [0, 0.1) is 0 Å². The van der Waals surface area contributed by atoms with Gasteiger partial charge in [-0.15, -0.1) is 0 Å². The molecule has 0 heterocycles.